The van der Waals surface area contributed by atoms with Gasteiger partial charge in [0.1, 0.15) is 0 Å². The zero-order valence-corrected chi connectivity index (χ0v) is 13.4. The number of anilines is 1. The molecule has 2 rings (SSSR count). The Bertz CT molecular complexity index is 578. The van der Waals surface area contributed by atoms with Gasteiger partial charge in [0, 0.05) is 26.6 Å². The van der Waals surface area contributed by atoms with E-state index in [2.05, 4.69) is 21.2 Å². The van der Waals surface area contributed by atoms with Crippen LogP contribution in [-0.4, -0.2) is 5.76 Å². The molecule has 0 amide bonds. The summed E-state index contributed by atoms with van der Waals surface area (Å²) in [5.74, 6) is -2.39. The van der Waals surface area contributed by atoms with Crippen LogP contribution in [0.2, 0.25) is 5.02 Å². The Hall–Kier alpha value is -0.780. The first-order valence-electron chi connectivity index (χ1n) is 5.77. The molecule has 1 N–H and O–H groups in total. The van der Waals surface area contributed by atoms with Crippen LogP contribution < -0.4 is 5.32 Å². The molecule has 0 saturated carbocycles. The summed E-state index contributed by atoms with van der Waals surface area (Å²) in [4.78, 5) is 0.554. The van der Waals surface area contributed by atoms with Gasteiger partial charge < -0.3 is 5.32 Å². The molecule has 106 valence electrons. The molecule has 2 aromatic rings. The van der Waals surface area contributed by atoms with Gasteiger partial charge in [0.05, 0.1) is 0 Å². The van der Waals surface area contributed by atoms with E-state index in [0.717, 1.165) is 15.7 Å². The molecule has 1 nitrogen and oxygen atoms in total. The van der Waals surface area contributed by atoms with E-state index < -0.39 is 5.76 Å². The van der Waals surface area contributed by atoms with Gasteiger partial charge in [-0.25, -0.2) is 0 Å². The van der Waals surface area contributed by atoms with Crippen LogP contribution in [0.4, 0.5) is 14.5 Å². The van der Waals surface area contributed by atoms with Gasteiger partial charge in [-0.3, -0.25) is 0 Å². The van der Waals surface area contributed by atoms with Crippen LogP contribution in [-0.2, 0) is 6.54 Å². The third-order valence-electron chi connectivity index (χ3n) is 2.58. The molecule has 0 aromatic heterocycles. The molecular formula is C14H11BrClF2NS. The van der Waals surface area contributed by atoms with Crippen molar-refractivity contribution in [1.29, 1.82) is 0 Å². The minimum Gasteiger partial charge on any atom is -0.381 e. The van der Waals surface area contributed by atoms with E-state index in [1.165, 1.54) is 0 Å². The third kappa shape index (κ3) is 4.65. The second kappa shape index (κ2) is 7.29. The zero-order valence-electron chi connectivity index (χ0n) is 10.2. The van der Waals surface area contributed by atoms with Crippen molar-refractivity contribution in [3.63, 3.8) is 0 Å². The minimum absolute atomic E-state index is 0.542. The lowest BCUT2D eigenvalue weighted by Crippen LogP contribution is -2.00. The van der Waals surface area contributed by atoms with E-state index in [4.69, 9.17) is 11.6 Å². The average molecular weight is 379 g/mol. The van der Waals surface area contributed by atoms with Gasteiger partial charge in [0.15, 0.2) is 0 Å². The van der Waals surface area contributed by atoms with Crippen LogP contribution in [0.5, 0.6) is 0 Å². The van der Waals surface area contributed by atoms with E-state index >= 15 is 0 Å². The highest BCUT2D eigenvalue weighted by Crippen LogP contribution is 2.27. The van der Waals surface area contributed by atoms with E-state index in [0.29, 0.717) is 28.2 Å². The fourth-order valence-electron chi connectivity index (χ4n) is 1.62. The van der Waals surface area contributed by atoms with Gasteiger partial charge in [0.25, 0.3) is 5.76 Å². The summed E-state index contributed by atoms with van der Waals surface area (Å²) in [6.45, 7) is 0.624. The zero-order chi connectivity index (χ0) is 14.5. The lowest BCUT2D eigenvalue weighted by atomic mass is 10.2. The molecule has 0 spiro atoms. The van der Waals surface area contributed by atoms with Gasteiger partial charge in [-0.05, 0) is 42.0 Å². The smallest absolute Gasteiger partial charge is 0.288 e. The first-order chi connectivity index (χ1) is 9.54. The molecule has 0 aliphatic rings. The van der Waals surface area contributed by atoms with Crippen LogP contribution in [0.1, 0.15) is 5.56 Å². The molecular weight excluding hydrogens is 368 g/mol. The quantitative estimate of drug-likeness (QED) is 0.638. The lowest BCUT2D eigenvalue weighted by Gasteiger charge is -2.09. The molecule has 2 aromatic carbocycles. The number of benzene rings is 2. The summed E-state index contributed by atoms with van der Waals surface area (Å²) >= 11 is 9.87. The standard InChI is InChI=1S/C14H11BrClF2NS/c15-13-7-10(16)2-1-9(13)8-19-11-3-5-12(6-4-11)20-14(17)18/h1-7,14,19H,8H2. The second-order valence-electron chi connectivity index (χ2n) is 3.99. The monoisotopic (exact) mass is 377 g/mol. The van der Waals surface area contributed by atoms with Crippen molar-refractivity contribution < 1.29 is 8.78 Å². The minimum atomic E-state index is -2.39. The molecule has 6 heteroatoms. The predicted molar refractivity (Wildman–Crippen MR) is 84.8 cm³/mol. The van der Waals surface area contributed by atoms with Crippen molar-refractivity contribution in [1.82, 2.24) is 0 Å². The number of alkyl halides is 2. The average Bonchev–Trinajstić information content (AvgIpc) is 2.39. The summed E-state index contributed by atoms with van der Waals surface area (Å²) < 4.78 is 25.3. The summed E-state index contributed by atoms with van der Waals surface area (Å²) in [6, 6.07) is 12.5. The Morgan fingerprint density at radius 3 is 2.45 bits per heavy atom. The number of thioether (sulfide) groups is 1. The highest BCUT2D eigenvalue weighted by Gasteiger charge is 2.05. The Labute approximate surface area is 133 Å². The van der Waals surface area contributed by atoms with Crippen LogP contribution >= 0.6 is 39.3 Å². The Kier molecular flexibility index (Phi) is 5.69. The van der Waals surface area contributed by atoms with E-state index in [1.807, 2.05) is 18.2 Å². The highest BCUT2D eigenvalue weighted by atomic mass is 79.9. The molecule has 0 aliphatic heterocycles. The summed E-state index contributed by atoms with van der Waals surface area (Å²) in [5.41, 5.74) is 1.95. The fraction of sp³-hybridized carbons (Fsp3) is 0.143. The molecule has 0 aliphatic carbocycles. The van der Waals surface area contributed by atoms with Crippen LogP contribution in [0.3, 0.4) is 0 Å². The molecule has 0 saturated heterocycles. The number of halogens is 4. The van der Waals surface area contributed by atoms with Crippen molar-refractivity contribution in [3.05, 3.63) is 57.5 Å². The molecule has 20 heavy (non-hydrogen) atoms. The van der Waals surface area contributed by atoms with Gasteiger partial charge in [-0.2, -0.15) is 8.78 Å². The Balaban J connectivity index is 1.96. The van der Waals surface area contributed by atoms with Crippen molar-refractivity contribution >= 4 is 45.0 Å². The predicted octanol–water partition coefficient (Wildman–Crippen LogP) is 6.03. The molecule has 0 unspecified atom stereocenters. The van der Waals surface area contributed by atoms with Crippen molar-refractivity contribution in [2.24, 2.45) is 0 Å². The van der Waals surface area contributed by atoms with Crippen LogP contribution in [0, 0.1) is 0 Å². The first-order valence-corrected chi connectivity index (χ1v) is 7.82. The lowest BCUT2D eigenvalue weighted by molar-refractivity contribution is 0.252. The van der Waals surface area contributed by atoms with E-state index in [1.54, 1.807) is 24.3 Å². The highest BCUT2D eigenvalue weighted by molar-refractivity contribution is 9.10. The van der Waals surface area contributed by atoms with Gasteiger partial charge in [-0.1, -0.05) is 45.4 Å². The SMILES string of the molecule is FC(F)Sc1ccc(NCc2ccc(Cl)cc2Br)cc1. The number of nitrogens with one attached hydrogen (secondary N) is 1. The van der Waals surface area contributed by atoms with Gasteiger partial charge >= 0.3 is 0 Å². The maximum Gasteiger partial charge on any atom is 0.288 e. The third-order valence-corrected chi connectivity index (χ3v) is 4.27. The fourth-order valence-corrected chi connectivity index (χ4v) is 2.94. The normalized spacial score (nSPS) is 10.8. The number of hydrogen-bond acceptors (Lipinski definition) is 2. The molecule has 0 radical (unpaired) electrons. The topological polar surface area (TPSA) is 12.0 Å². The molecule has 0 fully saturated rings. The molecule has 0 heterocycles. The maximum atomic E-state index is 12.2. The molecule has 0 atom stereocenters. The van der Waals surface area contributed by atoms with Gasteiger partial charge in [-0.15, -0.1) is 0 Å². The van der Waals surface area contributed by atoms with E-state index in [9.17, 15) is 8.78 Å². The largest absolute Gasteiger partial charge is 0.381 e. The Morgan fingerprint density at radius 1 is 1.15 bits per heavy atom. The van der Waals surface area contributed by atoms with Crippen molar-refractivity contribution in [2.45, 2.75) is 17.2 Å². The van der Waals surface area contributed by atoms with Gasteiger partial charge in [0.2, 0.25) is 0 Å². The van der Waals surface area contributed by atoms with Crippen molar-refractivity contribution in [2.75, 3.05) is 5.32 Å². The maximum absolute atomic E-state index is 12.2. The number of hydrogen-bond donors (Lipinski definition) is 1. The summed E-state index contributed by atoms with van der Waals surface area (Å²) in [7, 11) is 0. The van der Waals surface area contributed by atoms with E-state index in [-0.39, 0.29) is 0 Å². The summed E-state index contributed by atoms with van der Waals surface area (Å²) in [5, 5.41) is 3.91. The first kappa shape index (κ1) is 15.6. The van der Waals surface area contributed by atoms with Crippen LogP contribution in [0.25, 0.3) is 0 Å². The summed E-state index contributed by atoms with van der Waals surface area (Å²) in [6.07, 6.45) is 0. The van der Waals surface area contributed by atoms with Crippen molar-refractivity contribution in [3.8, 4) is 0 Å². The Morgan fingerprint density at radius 2 is 1.85 bits per heavy atom. The number of rotatable bonds is 5. The second-order valence-corrected chi connectivity index (χ2v) is 6.35. The van der Waals surface area contributed by atoms with Crippen LogP contribution in [0.15, 0.2) is 51.8 Å². The molecule has 0 bridgehead atoms.